The highest BCUT2D eigenvalue weighted by Crippen LogP contribution is 2.43. The predicted molar refractivity (Wildman–Crippen MR) is 172 cm³/mol. The number of rotatable bonds is 2. The van der Waals surface area contributed by atoms with Gasteiger partial charge in [-0.2, -0.15) is 0 Å². The van der Waals surface area contributed by atoms with Crippen LogP contribution < -0.4 is 0 Å². The van der Waals surface area contributed by atoms with Crippen LogP contribution in [0.1, 0.15) is 52.7 Å². The van der Waals surface area contributed by atoms with Crippen molar-refractivity contribution in [2.24, 2.45) is 0 Å². The minimum absolute atomic E-state index is 0.116. The molecule has 6 aromatic rings. The van der Waals surface area contributed by atoms with Crippen LogP contribution in [-0.4, -0.2) is 0 Å². The highest BCUT2D eigenvalue weighted by Gasteiger charge is 2.18. The lowest BCUT2D eigenvalue weighted by atomic mass is 9.84. The molecule has 0 unspecified atom stereocenters. The highest BCUT2D eigenvalue weighted by molar-refractivity contribution is 6.32. The zero-order chi connectivity index (χ0) is 27.5. The maximum Gasteiger partial charge on any atom is 0.0412 e. The van der Waals surface area contributed by atoms with Gasteiger partial charge in [-0.15, -0.1) is 0 Å². The minimum Gasteiger partial charge on any atom is -0.0843 e. The largest absolute Gasteiger partial charge is 0.0843 e. The van der Waals surface area contributed by atoms with Crippen LogP contribution in [0.25, 0.3) is 54.6 Å². The van der Waals surface area contributed by atoms with Crippen LogP contribution in [0.15, 0.2) is 103 Å². The molecule has 0 aliphatic carbocycles. The SMILES string of the molecule is CC(C)(C)c1ccc(-c2cc3c4ccc(Cl)cc4c(-c4ccc(C(C)(C)C)cc4)cc3c3ccccc23)cc1. The van der Waals surface area contributed by atoms with Gasteiger partial charge in [-0.05, 0) is 101 Å². The molecule has 0 saturated heterocycles. The summed E-state index contributed by atoms with van der Waals surface area (Å²) >= 11 is 6.59. The second-order valence-corrected chi connectivity index (χ2v) is 13.3. The Hall–Kier alpha value is -3.61. The van der Waals surface area contributed by atoms with Gasteiger partial charge in [0.25, 0.3) is 0 Å². The number of hydrogen-bond acceptors (Lipinski definition) is 0. The van der Waals surface area contributed by atoms with Crippen LogP contribution in [0.4, 0.5) is 0 Å². The normalized spacial score (nSPS) is 12.5. The zero-order valence-corrected chi connectivity index (χ0v) is 24.4. The monoisotopic (exact) mass is 526 g/mol. The molecule has 0 amide bonds. The average Bonchev–Trinajstić information content (AvgIpc) is 2.91. The highest BCUT2D eigenvalue weighted by atomic mass is 35.5. The summed E-state index contributed by atoms with van der Waals surface area (Å²) < 4.78 is 0. The number of fused-ring (bicyclic) bond motifs is 5. The topological polar surface area (TPSA) is 0 Å². The summed E-state index contributed by atoms with van der Waals surface area (Å²) in [6, 6.07) is 38.0. The van der Waals surface area contributed by atoms with Crippen molar-refractivity contribution in [2.45, 2.75) is 52.4 Å². The van der Waals surface area contributed by atoms with E-state index in [0.29, 0.717) is 0 Å². The van der Waals surface area contributed by atoms with Crippen LogP contribution in [0.3, 0.4) is 0 Å². The average molecular weight is 527 g/mol. The molecule has 194 valence electrons. The third-order valence-corrected chi connectivity index (χ3v) is 8.30. The molecule has 0 fully saturated rings. The lowest BCUT2D eigenvalue weighted by Gasteiger charge is -2.20. The van der Waals surface area contributed by atoms with Crippen molar-refractivity contribution in [3.63, 3.8) is 0 Å². The van der Waals surface area contributed by atoms with E-state index in [1.807, 2.05) is 6.07 Å². The van der Waals surface area contributed by atoms with Gasteiger partial charge in [-0.3, -0.25) is 0 Å². The van der Waals surface area contributed by atoms with E-state index in [1.165, 1.54) is 65.7 Å². The molecule has 0 radical (unpaired) electrons. The Morgan fingerprint density at radius 2 is 0.846 bits per heavy atom. The fourth-order valence-corrected chi connectivity index (χ4v) is 5.92. The van der Waals surface area contributed by atoms with Gasteiger partial charge in [0.1, 0.15) is 0 Å². The number of halogens is 1. The summed E-state index contributed by atoms with van der Waals surface area (Å²) in [5, 5.41) is 8.24. The van der Waals surface area contributed by atoms with Crippen molar-refractivity contribution < 1.29 is 0 Å². The van der Waals surface area contributed by atoms with Crippen LogP contribution >= 0.6 is 11.6 Å². The van der Waals surface area contributed by atoms with E-state index in [1.54, 1.807) is 0 Å². The van der Waals surface area contributed by atoms with Gasteiger partial charge in [0.2, 0.25) is 0 Å². The van der Waals surface area contributed by atoms with E-state index >= 15 is 0 Å². The van der Waals surface area contributed by atoms with Gasteiger partial charge >= 0.3 is 0 Å². The molecule has 0 spiro atoms. The molecule has 1 heteroatoms. The Morgan fingerprint density at radius 1 is 0.410 bits per heavy atom. The molecule has 0 bridgehead atoms. The van der Waals surface area contributed by atoms with Gasteiger partial charge in [-0.1, -0.05) is 132 Å². The first-order valence-corrected chi connectivity index (χ1v) is 14.2. The molecule has 6 rings (SSSR count). The van der Waals surface area contributed by atoms with Gasteiger partial charge < -0.3 is 0 Å². The van der Waals surface area contributed by atoms with Gasteiger partial charge in [0.05, 0.1) is 0 Å². The van der Waals surface area contributed by atoms with Crippen molar-refractivity contribution in [3.8, 4) is 22.3 Å². The van der Waals surface area contributed by atoms with Crippen LogP contribution in [0.5, 0.6) is 0 Å². The Bertz CT molecular complexity index is 1840. The quantitative estimate of drug-likeness (QED) is 0.197. The maximum atomic E-state index is 6.59. The molecule has 0 aliphatic rings. The van der Waals surface area contributed by atoms with Gasteiger partial charge in [0, 0.05) is 5.02 Å². The molecular formula is C38H35Cl. The van der Waals surface area contributed by atoms with Crippen molar-refractivity contribution in [3.05, 3.63) is 119 Å². The van der Waals surface area contributed by atoms with Crippen LogP contribution in [0.2, 0.25) is 5.02 Å². The van der Waals surface area contributed by atoms with E-state index in [-0.39, 0.29) is 10.8 Å². The van der Waals surface area contributed by atoms with Crippen LogP contribution in [-0.2, 0) is 10.8 Å². The first-order valence-electron chi connectivity index (χ1n) is 13.8. The molecule has 0 saturated carbocycles. The molecule has 0 nitrogen and oxygen atoms in total. The molecule has 0 heterocycles. The Morgan fingerprint density at radius 3 is 1.33 bits per heavy atom. The fraction of sp³-hybridized carbons (Fsp3) is 0.211. The molecule has 0 aliphatic heterocycles. The molecule has 0 atom stereocenters. The molecule has 0 aromatic heterocycles. The van der Waals surface area contributed by atoms with E-state index in [0.717, 1.165) is 5.02 Å². The smallest absolute Gasteiger partial charge is 0.0412 e. The van der Waals surface area contributed by atoms with Gasteiger partial charge in [-0.25, -0.2) is 0 Å². The Labute approximate surface area is 237 Å². The summed E-state index contributed by atoms with van der Waals surface area (Å²) in [6.07, 6.45) is 0. The third kappa shape index (κ3) is 4.62. The van der Waals surface area contributed by atoms with Gasteiger partial charge in [0.15, 0.2) is 0 Å². The van der Waals surface area contributed by atoms with E-state index in [4.69, 9.17) is 11.6 Å². The molecule has 0 N–H and O–H groups in total. The van der Waals surface area contributed by atoms with Crippen molar-refractivity contribution in [2.75, 3.05) is 0 Å². The lowest BCUT2D eigenvalue weighted by molar-refractivity contribution is 0.590. The molecule has 39 heavy (non-hydrogen) atoms. The zero-order valence-electron chi connectivity index (χ0n) is 23.7. The molecule has 6 aromatic carbocycles. The second-order valence-electron chi connectivity index (χ2n) is 12.8. The first kappa shape index (κ1) is 25.7. The summed E-state index contributed by atoms with van der Waals surface area (Å²) in [7, 11) is 0. The van der Waals surface area contributed by atoms with Crippen molar-refractivity contribution >= 4 is 43.9 Å². The standard InChI is InChI=1S/C38H35Cl/c1-37(2,3)26-15-11-24(12-16-26)32-22-36-31-20-19-28(39)21-34(31)33(23-35(36)30-10-8-7-9-29(30)32)25-13-17-27(18-14-25)38(4,5)6/h7-23H,1-6H3. The first-order chi connectivity index (χ1) is 18.5. The summed E-state index contributed by atoms with van der Waals surface area (Å²) in [4.78, 5) is 0. The minimum atomic E-state index is 0.116. The lowest BCUT2D eigenvalue weighted by Crippen LogP contribution is -2.10. The number of hydrogen-bond donors (Lipinski definition) is 0. The third-order valence-electron chi connectivity index (χ3n) is 8.06. The summed E-state index contributed by atoms with van der Waals surface area (Å²) in [6.45, 7) is 13.6. The Balaban J connectivity index is 1.65. The molecular weight excluding hydrogens is 492 g/mol. The van der Waals surface area contributed by atoms with Crippen LogP contribution in [0, 0.1) is 0 Å². The Kier molecular flexibility index (Phi) is 6.08. The predicted octanol–water partition coefficient (Wildman–Crippen LogP) is 11.7. The second kappa shape index (κ2) is 9.25. The van der Waals surface area contributed by atoms with Crippen molar-refractivity contribution in [1.82, 2.24) is 0 Å². The number of benzene rings is 6. The van der Waals surface area contributed by atoms with Crippen molar-refractivity contribution in [1.29, 1.82) is 0 Å². The maximum absolute atomic E-state index is 6.59. The van der Waals surface area contributed by atoms with E-state index in [2.05, 4.69) is 139 Å². The van der Waals surface area contributed by atoms with E-state index < -0.39 is 0 Å². The fourth-order valence-electron chi connectivity index (χ4n) is 5.75. The summed E-state index contributed by atoms with van der Waals surface area (Å²) in [5.41, 5.74) is 7.85. The summed E-state index contributed by atoms with van der Waals surface area (Å²) in [5.74, 6) is 0. The van der Waals surface area contributed by atoms with E-state index in [9.17, 15) is 0 Å².